The van der Waals surface area contributed by atoms with Gasteiger partial charge in [0.15, 0.2) is 5.82 Å². The van der Waals surface area contributed by atoms with Gasteiger partial charge in [-0.3, -0.25) is 0 Å². The molecule has 1 fully saturated rings. The van der Waals surface area contributed by atoms with Crippen molar-refractivity contribution in [1.29, 1.82) is 0 Å². The second-order valence-electron chi connectivity index (χ2n) is 9.42. The Morgan fingerprint density at radius 3 is 2.26 bits per heavy atom. The number of imide groups is 1. The lowest BCUT2D eigenvalue weighted by atomic mass is 10.2. The molecule has 2 aromatic heterocycles. The van der Waals surface area contributed by atoms with Crippen molar-refractivity contribution in [3.63, 3.8) is 0 Å². The fourth-order valence-electron chi connectivity index (χ4n) is 3.10. The van der Waals surface area contributed by atoms with Crippen LogP contribution in [0.1, 0.15) is 67.0 Å². The molecule has 1 saturated heterocycles. The number of halogens is 1. The summed E-state index contributed by atoms with van der Waals surface area (Å²) in [6.45, 7) is 11.0. The third-order valence-corrected chi connectivity index (χ3v) is 4.89. The van der Waals surface area contributed by atoms with Gasteiger partial charge in [0.25, 0.3) is 0 Å². The zero-order chi connectivity index (χ0) is 23.0. The molecule has 31 heavy (non-hydrogen) atoms. The van der Waals surface area contributed by atoms with Crippen LogP contribution < -0.4 is 4.90 Å². The highest BCUT2D eigenvalue weighted by molar-refractivity contribution is 9.10. The van der Waals surface area contributed by atoms with Gasteiger partial charge in [-0.05, 0) is 76.7 Å². The number of pyridine rings is 1. The molecule has 0 radical (unpaired) electrons. The second-order valence-corrected chi connectivity index (χ2v) is 10.3. The molecule has 2 amide bonds. The first kappa shape index (κ1) is 23.5. The van der Waals surface area contributed by atoms with E-state index >= 15 is 0 Å². The van der Waals surface area contributed by atoms with E-state index in [1.165, 1.54) is 6.20 Å². The lowest BCUT2D eigenvalue weighted by Crippen LogP contribution is -2.44. The van der Waals surface area contributed by atoms with Crippen LogP contribution in [-0.4, -0.2) is 44.8 Å². The maximum atomic E-state index is 13.0. The first-order chi connectivity index (χ1) is 14.4. The lowest BCUT2D eigenvalue weighted by Gasteiger charge is -2.28. The van der Waals surface area contributed by atoms with Crippen LogP contribution >= 0.6 is 15.9 Å². The molecular weight excluding hydrogens is 468 g/mol. The number of amides is 2. The molecule has 2 aromatic rings. The molecule has 3 rings (SSSR count). The van der Waals surface area contributed by atoms with Crippen LogP contribution in [0, 0.1) is 0 Å². The SMILES string of the molecule is CC(C)(C)OC(=O)N(C(=O)OC(C)(C)C)c1ncc(Br)c2nn(C3CCCCO3)cc12. The first-order valence-corrected chi connectivity index (χ1v) is 11.1. The minimum atomic E-state index is -0.875. The number of anilines is 1. The van der Waals surface area contributed by atoms with Gasteiger partial charge in [-0.1, -0.05) is 0 Å². The van der Waals surface area contributed by atoms with Crippen molar-refractivity contribution in [2.45, 2.75) is 78.2 Å². The van der Waals surface area contributed by atoms with Crippen molar-refractivity contribution in [2.75, 3.05) is 11.5 Å². The monoisotopic (exact) mass is 496 g/mol. The van der Waals surface area contributed by atoms with Gasteiger partial charge in [-0.2, -0.15) is 10.00 Å². The summed E-state index contributed by atoms with van der Waals surface area (Å²) in [5, 5.41) is 5.12. The summed E-state index contributed by atoms with van der Waals surface area (Å²) in [5.41, 5.74) is -1.07. The number of ether oxygens (including phenoxy) is 3. The number of carbonyl (C=O) groups is 2. The topological polar surface area (TPSA) is 95.8 Å². The number of hydrogen-bond acceptors (Lipinski definition) is 7. The summed E-state index contributed by atoms with van der Waals surface area (Å²) in [6.07, 6.45) is 4.15. The summed E-state index contributed by atoms with van der Waals surface area (Å²) >= 11 is 3.46. The van der Waals surface area contributed by atoms with E-state index in [0.29, 0.717) is 22.0 Å². The smallest absolute Gasteiger partial charge is 0.425 e. The average molecular weight is 497 g/mol. The van der Waals surface area contributed by atoms with Gasteiger partial charge in [0.2, 0.25) is 0 Å². The molecule has 0 aliphatic carbocycles. The molecule has 1 unspecified atom stereocenters. The van der Waals surface area contributed by atoms with Crippen molar-refractivity contribution >= 4 is 44.8 Å². The Morgan fingerprint density at radius 2 is 1.74 bits per heavy atom. The predicted molar refractivity (Wildman–Crippen MR) is 119 cm³/mol. The summed E-state index contributed by atoms with van der Waals surface area (Å²) in [6, 6.07) is 0. The molecule has 1 aliphatic rings. The third-order valence-electron chi connectivity index (χ3n) is 4.31. The number of aromatic nitrogens is 3. The van der Waals surface area contributed by atoms with Gasteiger partial charge in [-0.25, -0.2) is 19.3 Å². The molecule has 0 saturated carbocycles. The number of carbonyl (C=O) groups excluding carboxylic acids is 2. The fourth-order valence-corrected chi connectivity index (χ4v) is 3.50. The van der Waals surface area contributed by atoms with E-state index in [9.17, 15) is 9.59 Å². The highest BCUT2D eigenvalue weighted by atomic mass is 79.9. The summed E-state index contributed by atoms with van der Waals surface area (Å²) in [4.78, 5) is 31.2. The lowest BCUT2D eigenvalue weighted by molar-refractivity contribution is -0.0390. The highest BCUT2D eigenvalue weighted by Gasteiger charge is 2.35. The van der Waals surface area contributed by atoms with Gasteiger partial charge < -0.3 is 14.2 Å². The van der Waals surface area contributed by atoms with Crippen LogP contribution in [0.2, 0.25) is 0 Å². The molecule has 10 heteroatoms. The van der Waals surface area contributed by atoms with Crippen LogP contribution in [0.4, 0.5) is 15.4 Å². The zero-order valence-corrected chi connectivity index (χ0v) is 20.4. The molecule has 0 spiro atoms. The van der Waals surface area contributed by atoms with E-state index in [2.05, 4.69) is 26.0 Å². The van der Waals surface area contributed by atoms with Gasteiger partial charge in [0.1, 0.15) is 22.9 Å². The zero-order valence-electron chi connectivity index (χ0n) is 18.8. The quantitative estimate of drug-likeness (QED) is 0.535. The first-order valence-electron chi connectivity index (χ1n) is 10.3. The van der Waals surface area contributed by atoms with Crippen LogP contribution in [0.5, 0.6) is 0 Å². The van der Waals surface area contributed by atoms with E-state index in [1.54, 1.807) is 52.4 Å². The van der Waals surface area contributed by atoms with Crippen molar-refractivity contribution in [3.05, 3.63) is 16.9 Å². The van der Waals surface area contributed by atoms with Crippen LogP contribution in [0.15, 0.2) is 16.9 Å². The minimum absolute atomic E-state index is 0.0868. The molecule has 3 heterocycles. The Labute approximate surface area is 190 Å². The van der Waals surface area contributed by atoms with Gasteiger partial charge >= 0.3 is 12.2 Å². The number of nitrogens with zero attached hydrogens (tertiary/aromatic N) is 4. The maximum absolute atomic E-state index is 13.0. The minimum Gasteiger partial charge on any atom is -0.443 e. The number of fused-ring (bicyclic) bond motifs is 1. The molecule has 1 atom stereocenters. The Bertz CT molecular complexity index is 943. The van der Waals surface area contributed by atoms with Gasteiger partial charge in [-0.15, -0.1) is 0 Å². The van der Waals surface area contributed by atoms with E-state index in [-0.39, 0.29) is 12.0 Å². The van der Waals surface area contributed by atoms with Gasteiger partial charge in [0, 0.05) is 19.0 Å². The van der Waals surface area contributed by atoms with Crippen LogP contribution in [-0.2, 0) is 14.2 Å². The molecule has 170 valence electrons. The third kappa shape index (κ3) is 5.74. The molecular formula is C21H29BrN4O5. The Morgan fingerprint density at radius 1 is 1.13 bits per heavy atom. The maximum Gasteiger partial charge on any atom is 0.425 e. The van der Waals surface area contributed by atoms with Crippen molar-refractivity contribution < 1.29 is 23.8 Å². The largest absolute Gasteiger partial charge is 0.443 e. The molecule has 0 N–H and O–H groups in total. The molecule has 1 aliphatic heterocycles. The van der Waals surface area contributed by atoms with Crippen molar-refractivity contribution in [3.8, 4) is 0 Å². The van der Waals surface area contributed by atoms with E-state index in [1.807, 2.05) is 0 Å². The summed E-state index contributed by atoms with van der Waals surface area (Å²) < 4.78 is 19.1. The normalized spacial score (nSPS) is 17.5. The molecule has 0 aromatic carbocycles. The van der Waals surface area contributed by atoms with Crippen LogP contribution in [0.3, 0.4) is 0 Å². The predicted octanol–water partition coefficient (Wildman–Crippen LogP) is 5.57. The average Bonchev–Trinajstić information content (AvgIpc) is 3.08. The summed E-state index contributed by atoms with van der Waals surface area (Å²) in [7, 11) is 0. The van der Waals surface area contributed by atoms with Crippen molar-refractivity contribution in [1.82, 2.24) is 14.8 Å². The van der Waals surface area contributed by atoms with E-state index in [4.69, 9.17) is 14.2 Å². The summed E-state index contributed by atoms with van der Waals surface area (Å²) in [5.74, 6) is 0.0868. The molecule has 0 bridgehead atoms. The Kier molecular flexibility index (Phi) is 6.61. The standard InChI is InChI=1S/C21H29BrN4O5/c1-20(2,3)30-18(27)26(19(28)31-21(4,5)6)17-13-12-25(15-9-7-8-10-29-15)24-16(13)14(22)11-23-17/h11-12,15H,7-10H2,1-6H3. The number of hydrogen-bond donors (Lipinski definition) is 0. The van der Waals surface area contributed by atoms with E-state index < -0.39 is 23.4 Å². The fraction of sp³-hybridized carbons (Fsp3) is 0.619. The van der Waals surface area contributed by atoms with Crippen molar-refractivity contribution in [2.24, 2.45) is 0 Å². The molecule has 9 nitrogen and oxygen atoms in total. The number of rotatable bonds is 2. The Hall–Kier alpha value is -2.20. The van der Waals surface area contributed by atoms with E-state index in [0.717, 1.165) is 24.2 Å². The Balaban J connectivity index is 2.09. The second kappa shape index (κ2) is 8.74. The highest BCUT2D eigenvalue weighted by Crippen LogP contribution is 2.33. The van der Waals surface area contributed by atoms with Crippen LogP contribution in [0.25, 0.3) is 10.9 Å². The van der Waals surface area contributed by atoms with Gasteiger partial charge in [0.05, 0.1) is 9.86 Å².